The van der Waals surface area contributed by atoms with Crippen LogP contribution in [0.1, 0.15) is 35.7 Å². The number of benzene rings is 2. The highest BCUT2D eigenvalue weighted by Gasteiger charge is 2.28. The van der Waals surface area contributed by atoms with E-state index in [4.69, 9.17) is 27.9 Å². The SMILES string of the molecule is CCNC(=O)C1CCN(C(=O)c2ccccc2OCc2ccc(Cl)cc2Cl)CC1. The number of rotatable bonds is 6. The van der Waals surface area contributed by atoms with Gasteiger partial charge in [0.15, 0.2) is 0 Å². The predicted molar refractivity (Wildman–Crippen MR) is 115 cm³/mol. The summed E-state index contributed by atoms with van der Waals surface area (Å²) in [6.45, 7) is 3.88. The number of amides is 2. The zero-order valence-electron chi connectivity index (χ0n) is 16.3. The summed E-state index contributed by atoms with van der Waals surface area (Å²) in [5.41, 5.74) is 1.30. The Bertz CT molecular complexity index is 880. The molecular formula is C22H24Cl2N2O3. The molecule has 5 nitrogen and oxygen atoms in total. The van der Waals surface area contributed by atoms with Crippen molar-refractivity contribution in [1.82, 2.24) is 10.2 Å². The maximum Gasteiger partial charge on any atom is 0.257 e. The third-order valence-electron chi connectivity index (χ3n) is 5.02. The van der Waals surface area contributed by atoms with Gasteiger partial charge in [-0.1, -0.05) is 41.4 Å². The average Bonchev–Trinajstić information content (AvgIpc) is 2.73. The zero-order valence-corrected chi connectivity index (χ0v) is 17.8. The predicted octanol–water partition coefficient (Wildman–Crippen LogP) is 4.56. The van der Waals surface area contributed by atoms with Gasteiger partial charge in [0.1, 0.15) is 12.4 Å². The van der Waals surface area contributed by atoms with Crippen molar-refractivity contribution in [1.29, 1.82) is 0 Å². The van der Waals surface area contributed by atoms with Crippen LogP contribution < -0.4 is 10.1 Å². The lowest BCUT2D eigenvalue weighted by molar-refractivity contribution is -0.126. The Morgan fingerprint density at radius 1 is 1.14 bits per heavy atom. The Hall–Kier alpha value is -2.24. The summed E-state index contributed by atoms with van der Waals surface area (Å²) in [6, 6.07) is 12.4. The lowest BCUT2D eigenvalue weighted by atomic mass is 9.95. The van der Waals surface area contributed by atoms with Gasteiger partial charge in [-0.15, -0.1) is 0 Å². The molecule has 29 heavy (non-hydrogen) atoms. The van der Waals surface area contributed by atoms with Crippen LogP contribution in [0.5, 0.6) is 5.75 Å². The third kappa shape index (κ3) is 5.43. The first kappa shape index (κ1) is 21.5. The number of halogens is 2. The normalized spacial score (nSPS) is 14.5. The Kier molecular flexibility index (Phi) is 7.40. The monoisotopic (exact) mass is 434 g/mol. The minimum Gasteiger partial charge on any atom is -0.488 e. The molecule has 0 spiro atoms. The molecule has 1 saturated heterocycles. The van der Waals surface area contributed by atoms with Crippen LogP contribution in [0.2, 0.25) is 10.0 Å². The van der Waals surface area contributed by atoms with Crippen molar-refractivity contribution >= 4 is 35.0 Å². The van der Waals surface area contributed by atoms with Crippen LogP contribution in [-0.2, 0) is 11.4 Å². The molecule has 2 amide bonds. The minimum atomic E-state index is -0.0860. The molecule has 2 aromatic carbocycles. The molecular weight excluding hydrogens is 411 g/mol. The van der Waals surface area contributed by atoms with Gasteiger partial charge < -0.3 is 15.0 Å². The Balaban J connectivity index is 1.65. The molecule has 1 heterocycles. The number of hydrogen-bond acceptors (Lipinski definition) is 3. The fourth-order valence-electron chi connectivity index (χ4n) is 3.40. The molecule has 1 aliphatic rings. The van der Waals surface area contributed by atoms with E-state index >= 15 is 0 Å². The molecule has 0 unspecified atom stereocenters. The lowest BCUT2D eigenvalue weighted by Gasteiger charge is -2.31. The van der Waals surface area contributed by atoms with Crippen LogP contribution in [0.4, 0.5) is 0 Å². The quantitative estimate of drug-likeness (QED) is 0.724. The van der Waals surface area contributed by atoms with Crippen LogP contribution in [0.15, 0.2) is 42.5 Å². The van der Waals surface area contributed by atoms with Crippen LogP contribution in [0.3, 0.4) is 0 Å². The van der Waals surface area contributed by atoms with Crippen molar-refractivity contribution in [2.75, 3.05) is 19.6 Å². The van der Waals surface area contributed by atoms with Gasteiger partial charge in [-0.3, -0.25) is 9.59 Å². The number of piperidine rings is 1. The third-order valence-corrected chi connectivity index (χ3v) is 5.61. The standard InChI is InChI=1S/C22H24Cl2N2O3/c1-2-25-21(27)15-9-11-26(12-10-15)22(28)18-5-3-4-6-20(18)29-14-16-7-8-17(23)13-19(16)24/h3-8,13,15H,2,9-12,14H2,1H3,(H,25,27). The van der Waals surface area contributed by atoms with Crippen molar-refractivity contribution in [2.45, 2.75) is 26.4 Å². The van der Waals surface area contributed by atoms with E-state index in [0.29, 0.717) is 53.8 Å². The van der Waals surface area contributed by atoms with Crippen LogP contribution in [0, 0.1) is 5.92 Å². The number of para-hydroxylation sites is 1. The Labute approximate surface area is 180 Å². The first-order chi connectivity index (χ1) is 14.0. The van der Waals surface area contributed by atoms with Crippen LogP contribution in [0.25, 0.3) is 0 Å². The van der Waals surface area contributed by atoms with Gasteiger partial charge in [-0.2, -0.15) is 0 Å². The van der Waals surface area contributed by atoms with Gasteiger partial charge in [-0.05, 0) is 44.0 Å². The first-order valence-electron chi connectivity index (χ1n) is 9.72. The molecule has 2 aromatic rings. The second-order valence-electron chi connectivity index (χ2n) is 6.98. The smallest absolute Gasteiger partial charge is 0.257 e. The summed E-state index contributed by atoms with van der Waals surface area (Å²) in [4.78, 5) is 26.8. The summed E-state index contributed by atoms with van der Waals surface area (Å²) in [6.07, 6.45) is 1.34. The number of carbonyl (C=O) groups is 2. The molecule has 7 heteroatoms. The molecule has 0 bridgehead atoms. The highest BCUT2D eigenvalue weighted by Crippen LogP contribution is 2.26. The lowest BCUT2D eigenvalue weighted by Crippen LogP contribution is -2.43. The van der Waals surface area contributed by atoms with Gasteiger partial charge in [0, 0.05) is 41.2 Å². The molecule has 0 atom stereocenters. The van der Waals surface area contributed by atoms with E-state index in [-0.39, 0.29) is 24.3 Å². The fourth-order valence-corrected chi connectivity index (χ4v) is 3.86. The Morgan fingerprint density at radius 3 is 2.55 bits per heavy atom. The molecule has 0 saturated carbocycles. The summed E-state index contributed by atoms with van der Waals surface area (Å²) >= 11 is 12.1. The van der Waals surface area contributed by atoms with E-state index in [1.807, 2.05) is 19.1 Å². The van der Waals surface area contributed by atoms with E-state index < -0.39 is 0 Å². The summed E-state index contributed by atoms with van der Waals surface area (Å²) in [5.74, 6) is 0.465. The molecule has 1 fully saturated rings. The molecule has 1 aliphatic heterocycles. The summed E-state index contributed by atoms with van der Waals surface area (Å²) < 4.78 is 5.91. The van der Waals surface area contributed by atoms with Crippen molar-refractivity contribution in [3.05, 3.63) is 63.6 Å². The number of likely N-dealkylation sites (tertiary alicyclic amines) is 1. The van der Waals surface area contributed by atoms with Crippen molar-refractivity contribution in [2.24, 2.45) is 5.92 Å². The molecule has 154 valence electrons. The highest BCUT2D eigenvalue weighted by atomic mass is 35.5. The number of ether oxygens (including phenoxy) is 1. The van der Waals surface area contributed by atoms with Crippen molar-refractivity contribution in [3.8, 4) is 5.75 Å². The molecule has 1 N–H and O–H groups in total. The second-order valence-corrected chi connectivity index (χ2v) is 7.83. The number of nitrogens with zero attached hydrogens (tertiary/aromatic N) is 1. The summed E-state index contributed by atoms with van der Waals surface area (Å²) in [7, 11) is 0. The van der Waals surface area contributed by atoms with Gasteiger partial charge in [0.25, 0.3) is 5.91 Å². The number of nitrogens with one attached hydrogen (secondary N) is 1. The fraction of sp³-hybridized carbons (Fsp3) is 0.364. The van der Waals surface area contributed by atoms with Gasteiger partial charge in [0.05, 0.1) is 5.56 Å². The van der Waals surface area contributed by atoms with Crippen molar-refractivity contribution in [3.63, 3.8) is 0 Å². The zero-order chi connectivity index (χ0) is 20.8. The topological polar surface area (TPSA) is 58.6 Å². The van der Waals surface area contributed by atoms with Crippen molar-refractivity contribution < 1.29 is 14.3 Å². The largest absolute Gasteiger partial charge is 0.488 e. The van der Waals surface area contributed by atoms with E-state index in [1.54, 1.807) is 35.2 Å². The number of carbonyl (C=O) groups excluding carboxylic acids is 2. The molecule has 3 rings (SSSR count). The van der Waals surface area contributed by atoms with Gasteiger partial charge >= 0.3 is 0 Å². The van der Waals surface area contributed by atoms with Gasteiger partial charge in [0.2, 0.25) is 5.91 Å². The molecule has 0 radical (unpaired) electrons. The Morgan fingerprint density at radius 2 is 1.86 bits per heavy atom. The van der Waals surface area contributed by atoms with Gasteiger partial charge in [-0.25, -0.2) is 0 Å². The van der Waals surface area contributed by atoms with E-state index in [1.165, 1.54) is 0 Å². The van der Waals surface area contributed by atoms with Crippen LogP contribution >= 0.6 is 23.2 Å². The number of hydrogen-bond donors (Lipinski definition) is 1. The summed E-state index contributed by atoms with van der Waals surface area (Å²) in [5, 5.41) is 3.94. The highest BCUT2D eigenvalue weighted by molar-refractivity contribution is 6.35. The maximum atomic E-state index is 13.0. The second kappa shape index (κ2) is 9.99. The maximum absolute atomic E-state index is 13.0. The van der Waals surface area contributed by atoms with Crippen LogP contribution in [-0.4, -0.2) is 36.3 Å². The van der Waals surface area contributed by atoms with E-state index in [0.717, 1.165) is 5.56 Å². The first-order valence-corrected chi connectivity index (χ1v) is 10.5. The minimum absolute atomic E-state index is 0.0301. The van der Waals surface area contributed by atoms with E-state index in [2.05, 4.69) is 5.32 Å². The average molecular weight is 435 g/mol. The molecule has 0 aromatic heterocycles. The van der Waals surface area contributed by atoms with E-state index in [9.17, 15) is 9.59 Å². The molecule has 0 aliphatic carbocycles.